The van der Waals surface area contributed by atoms with Crippen molar-refractivity contribution in [2.24, 2.45) is 46.3 Å². The van der Waals surface area contributed by atoms with Gasteiger partial charge in [-0.2, -0.15) is 0 Å². The summed E-state index contributed by atoms with van der Waals surface area (Å²) in [5, 5.41) is 8.71. The van der Waals surface area contributed by atoms with E-state index in [4.69, 9.17) is 26.5 Å². The van der Waals surface area contributed by atoms with Gasteiger partial charge in [0.15, 0.2) is 0 Å². The minimum atomic E-state index is -0.935. The van der Waals surface area contributed by atoms with Crippen LogP contribution in [0.15, 0.2) is 0 Å². The third kappa shape index (κ3) is 13.7. The van der Waals surface area contributed by atoms with Crippen LogP contribution in [0.3, 0.4) is 0 Å². The number of carbonyl (C=O) groups excluding carboxylic acids is 4. The van der Waals surface area contributed by atoms with Crippen LogP contribution in [-0.2, 0) is 28.5 Å². The molecule has 0 radical (unpaired) electrons. The van der Waals surface area contributed by atoms with Crippen LogP contribution in [0, 0.1) is 29.1 Å². The van der Waals surface area contributed by atoms with Crippen molar-refractivity contribution in [1.29, 1.82) is 0 Å². The second-order valence-corrected chi connectivity index (χ2v) is 18.3. The van der Waals surface area contributed by atoms with E-state index in [-0.39, 0.29) is 23.3 Å². The van der Waals surface area contributed by atoms with Crippen molar-refractivity contribution >= 4 is 30.7 Å². The average Bonchev–Trinajstić information content (AvgIpc) is 3.52. The van der Waals surface area contributed by atoms with Gasteiger partial charge in [-0.1, -0.05) is 111 Å². The molecule has 4 rings (SSSR count). The van der Waals surface area contributed by atoms with E-state index in [0.29, 0.717) is 50.6 Å². The standard InChI is InChI=1S/C43H81BN6O6/c1-7-8-9-10-11-12-13-14-15-16-17-18-23-33(38(47)51)34(24-19-21-26-45)41(54)49-30(2)39(52)48-31(3)40(53)50-37(25-20-22-27-46)44-55-36-29-32-28-35(42(32,4)5)43(36,6)56-44/h30-37H,7-29,45-46H2,1-6H3,(H2,47,51)(H,48,52)(H,49,54)(H,50,53)/t30-,31-,32-,33?,34-,35-,36+,37-,43-/m0/s1. The second-order valence-electron chi connectivity index (χ2n) is 18.3. The highest BCUT2D eigenvalue weighted by atomic mass is 16.7. The molecule has 0 spiro atoms. The van der Waals surface area contributed by atoms with Gasteiger partial charge in [-0.3, -0.25) is 19.2 Å². The third-order valence-electron chi connectivity index (χ3n) is 13.6. The van der Waals surface area contributed by atoms with Crippen LogP contribution in [-0.4, -0.2) is 73.6 Å². The van der Waals surface area contributed by atoms with Crippen LogP contribution >= 0.6 is 0 Å². The Kier molecular flexibility index (Phi) is 20.6. The summed E-state index contributed by atoms with van der Waals surface area (Å²) >= 11 is 0. The molecular weight excluding hydrogens is 707 g/mol. The van der Waals surface area contributed by atoms with Crippen molar-refractivity contribution in [3.05, 3.63) is 0 Å². The minimum Gasteiger partial charge on any atom is -0.404 e. The molecule has 1 aliphatic heterocycles. The molecule has 4 aliphatic rings. The highest BCUT2D eigenvalue weighted by Crippen LogP contribution is 2.65. The Labute approximate surface area is 339 Å². The van der Waals surface area contributed by atoms with Gasteiger partial charge in [0.05, 0.1) is 17.6 Å². The summed E-state index contributed by atoms with van der Waals surface area (Å²) in [6.45, 7) is 13.3. The molecule has 56 heavy (non-hydrogen) atoms. The maximum absolute atomic E-state index is 13.7. The summed E-state index contributed by atoms with van der Waals surface area (Å²) in [7, 11) is -0.590. The van der Waals surface area contributed by atoms with E-state index in [1.165, 1.54) is 57.8 Å². The number of nitrogens with one attached hydrogen (secondary N) is 3. The maximum atomic E-state index is 13.7. The van der Waals surface area contributed by atoms with Crippen molar-refractivity contribution in [2.45, 2.75) is 206 Å². The monoisotopic (exact) mass is 789 g/mol. The van der Waals surface area contributed by atoms with Crippen molar-refractivity contribution in [2.75, 3.05) is 13.1 Å². The predicted octanol–water partition coefficient (Wildman–Crippen LogP) is 5.82. The summed E-state index contributed by atoms with van der Waals surface area (Å²) in [6.07, 6.45) is 21.2. The number of carbonyl (C=O) groups is 4. The fraction of sp³-hybridized carbons (Fsp3) is 0.907. The second kappa shape index (κ2) is 24.0. The first-order valence-corrected chi connectivity index (χ1v) is 22.6. The summed E-state index contributed by atoms with van der Waals surface area (Å²) < 4.78 is 13.2. The molecule has 1 heterocycles. The van der Waals surface area contributed by atoms with E-state index in [1.54, 1.807) is 13.8 Å². The molecule has 2 bridgehead atoms. The lowest BCUT2D eigenvalue weighted by Gasteiger charge is -2.64. The van der Waals surface area contributed by atoms with Crippen molar-refractivity contribution < 1.29 is 28.5 Å². The highest BCUT2D eigenvalue weighted by Gasteiger charge is 2.68. The lowest BCUT2D eigenvalue weighted by molar-refractivity contribution is -0.199. The smallest absolute Gasteiger partial charge is 0.404 e. The first-order valence-electron chi connectivity index (χ1n) is 22.6. The normalized spacial score (nSPS) is 24.9. The van der Waals surface area contributed by atoms with Gasteiger partial charge in [-0.25, -0.2) is 0 Å². The average molecular weight is 789 g/mol. The van der Waals surface area contributed by atoms with E-state index in [0.717, 1.165) is 51.4 Å². The van der Waals surface area contributed by atoms with Gasteiger partial charge >= 0.3 is 7.12 Å². The van der Waals surface area contributed by atoms with E-state index >= 15 is 0 Å². The summed E-state index contributed by atoms with van der Waals surface area (Å²) in [6, 6.07) is -1.82. The predicted molar refractivity (Wildman–Crippen MR) is 225 cm³/mol. The van der Waals surface area contributed by atoms with Crippen molar-refractivity contribution in [3.8, 4) is 0 Å². The molecule has 0 aromatic carbocycles. The van der Waals surface area contributed by atoms with Crippen LogP contribution in [0.1, 0.15) is 176 Å². The number of hydrogen-bond donors (Lipinski definition) is 6. The molecule has 4 fully saturated rings. The molecule has 0 aromatic heterocycles. The lowest BCUT2D eigenvalue weighted by atomic mass is 9.43. The van der Waals surface area contributed by atoms with E-state index in [1.807, 2.05) is 0 Å². The van der Waals surface area contributed by atoms with Crippen molar-refractivity contribution in [3.63, 3.8) is 0 Å². The molecule has 4 amide bonds. The fourth-order valence-electron chi connectivity index (χ4n) is 9.72. The van der Waals surface area contributed by atoms with Crippen LogP contribution in [0.2, 0.25) is 0 Å². The fourth-order valence-corrected chi connectivity index (χ4v) is 9.72. The molecular formula is C43H81BN6O6. The number of hydrogen-bond acceptors (Lipinski definition) is 8. The molecule has 9 N–H and O–H groups in total. The first kappa shape index (κ1) is 48.2. The number of rotatable bonds is 30. The Morgan fingerprint density at radius 2 is 1.14 bits per heavy atom. The largest absolute Gasteiger partial charge is 0.481 e. The molecule has 13 heteroatoms. The summed E-state index contributed by atoms with van der Waals surface area (Å²) in [5.41, 5.74) is 17.2. The summed E-state index contributed by atoms with van der Waals surface area (Å²) in [4.78, 5) is 53.4. The van der Waals surface area contributed by atoms with Crippen LogP contribution in [0.5, 0.6) is 0 Å². The van der Waals surface area contributed by atoms with Crippen LogP contribution < -0.4 is 33.2 Å². The van der Waals surface area contributed by atoms with Crippen LogP contribution in [0.4, 0.5) is 0 Å². The van der Waals surface area contributed by atoms with Crippen LogP contribution in [0.25, 0.3) is 0 Å². The quantitative estimate of drug-likeness (QED) is 0.0387. The van der Waals surface area contributed by atoms with Gasteiger partial charge in [-0.05, 0) is 96.1 Å². The van der Waals surface area contributed by atoms with E-state index in [2.05, 4.69) is 43.6 Å². The number of primary amides is 1. The summed E-state index contributed by atoms with van der Waals surface area (Å²) in [5.74, 6) is -2.41. The van der Waals surface area contributed by atoms with Gasteiger partial charge in [0.2, 0.25) is 23.6 Å². The maximum Gasteiger partial charge on any atom is 0.481 e. The molecule has 3 aliphatic carbocycles. The number of amides is 4. The highest BCUT2D eigenvalue weighted by molar-refractivity contribution is 6.47. The molecule has 0 aromatic rings. The van der Waals surface area contributed by atoms with Gasteiger partial charge in [-0.15, -0.1) is 0 Å². The first-order chi connectivity index (χ1) is 26.7. The zero-order chi connectivity index (χ0) is 41.3. The molecule has 1 saturated heterocycles. The molecule has 3 saturated carbocycles. The van der Waals surface area contributed by atoms with Crippen molar-refractivity contribution in [1.82, 2.24) is 16.0 Å². The topological polar surface area (TPSA) is 201 Å². The SMILES string of the molecule is CCCCCCCCCCCCCCC(C(N)=O)[C@H](CCCCN)C(=O)N[C@@H](C)C(=O)N[C@@H](C)C(=O)N[C@@H](CCCCN)B1O[C@@H]2C[C@@H]3C[C@@H](C3(C)C)[C@]2(C)O1. The molecule has 9 atom stereocenters. The Bertz CT molecular complexity index is 1230. The third-order valence-corrected chi connectivity index (χ3v) is 13.6. The minimum absolute atomic E-state index is 0.0161. The Morgan fingerprint density at radius 1 is 0.661 bits per heavy atom. The lowest BCUT2D eigenvalue weighted by Crippen LogP contribution is -2.65. The van der Waals surface area contributed by atoms with Gasteiger partial charge in [0.1, 0.15) is 12.1 Å². The van der Waals surface area contributed by atoms with E-state index < -0.39 is 54.4 Å². The van der Waals surface area contributed by atoms with E-state index in [9.17, 15) is 19.2 Å². The zero-order valence-corrected chi connectivity index (χ0v) is 36.1. The Morgan fingerprint density at radius 3 is 1.68 bits per heavy atom. The number of nitrogens with two attached hydrogens (primary N) is 3. The van der Waals surface area contributed by atoms with Gasteiger partial charge < -0.3 is 42.5 Å². The molecule has 322 valence electrons. The zero-order valence-electron chi connectivity index (χ0n) is 36.1. The Hall–Kier alpha value is -2.22. The Balaban J connectivity index is 1.51. The molecule has 12 nitrogen and oxygen atoms in total. The molecule has 1 unspecified atom stereocenters. The van der Waals surface area contributed by atoms with Gasteiger partial charge in [0, 0.05) is 11.8 Å². The van der Waals surface area contributed by atoms with Gasteiger partial charge in [0.25, 0.3) is 0 Å². The number of unbranched alkanes of at least 4 members (excludes halogenated alkanes) is 13.